The highest BCUT2D eigenvalue weighted by molar-refractivity contribution is 5.85. The molecule has 0 saturated heterocycles. The van der Waals surface area contributed by atoms with Gasteiger partial charge in [0.15, 0.2) is 0 Å². The van der Waals surface area contributed by atoms with Crippen LogP contribution in [0.2, 0.25) is 0 Å². The number of likely N-dealkylation sites (N-methyl/N-ethyl adjacent to an activating group) is 2. The Bertz CT molecular complexity index is 1280. The van der Waals surface area contributed by atoms with E-state index in [1.807, 2.05) is 50.2 Å². The number of hydrogen-bond acceptors (Lipinski definition) is 6. The summed E-state index contributed by atoms with van der Waals surface area (Å²) in [6.07, 6.45) is 1.63. The van der Waals surface area contributed by atoms with Crippen molar-refractivity contribution in [3.05, 3.63) is 62.8 Å². The molecule has 0 bridgehead atoms. The Morgan fingerprint density at radius 2 is 1.82 bits per heavy atom. The minimum atomic E-state index is -0.586. The van der Waals surface area contributed by atoms with E-state index in [9.17, 15) is 14.4 Å². The molecule has 182 valence electrons. The molecule has 9 heteroatoms. The molecule has 0 spiro atoms. The number of H-pyrrole nitrogens is 1. The zero-order valence-corrected chi connectivity index (χ0v) is 20.3. The molecule has 0 saturated carbocycles. The summed E-state index contributed by atoms with van der Waals surface area (Å²) in [5.41, 5.74) is 6.24. The standard InChI is InChI=1S/C25H33N5O4/c1-5-7-12-30-23(26)22(24(32)27-25(30)33)29(6-2)16-21(31)28(3)15-17-8-9-19-14-20(34-4)11-10-18(19)13-17/h8-11,13-14H,5-7,12,15-16,26H2,1-4H3,(H,27,32,33). The van der Waals surface area contributed by atoms with Crippen molar-refractivity contribution in [3.63, 3.8) is 0 Å². The van der Waals surface area contributed by atoms with Crippen molar-refractivity contribution >= 4 is 28.2 Å². The van der Waals surface area contributed by atoms with Crippen LogP contribution in [0.5, 0.6) is 5.75 Å². The Balaban J connectivity index is 1.78. The van der Waals surface area contributed by atoms with Crippen LogP contribution in [0.15, 0.2) is 46.0 Å². The first-order chi connectivity index (χ1) is 16.3. The number of aromatic nitrogens is 2. The Morgan fingerprint density at radius 1 is 1.12 bits per heavy atom. The van der Waals surface area contributed by atoms with Gasteiger partial charge in [-0.2, -0.15) is 0 Å². The molecular weight excluding hydrogens is 434 g/mol. The van der Waals surface area contributed by atoms with Crippen molar-refractivity contribution in [2.45, 2.75) is 39.8 Å². The minimum Gasteiger partial charge on any atom is -0.497 e. The van der Waals surface area contributed by atoms with E-state index in [1.54, 1.807) is 24.0 Å². The van der Waals surface area contributed by atoms with Gasteiger partial charge in [0.05, 0.1) is 13.7 Å². The van der Waals surface area contributed by atoms with Gasteiger partial charge < -0.3 is 20.3 Å². The van der Waals surface area contributed by atoms with Gasteiger partial charge in [-0.3, -0.25) is 19.1 Å². The molecule has 0 aliphatic rings. The quantitative estimate of drug-likeness (QED) is 0.474. The summed E-state index contributed by atoms with van der Waals surface area (Å²) in [7, 11) is 3.36. The number of carbonyl (C=O) groups is 1. The molecule has 0 fully saturated rings. The number of hydrogen-bond donors (Lipinski definition) is 2. The first-order valence-electron chi connectivity index (χ1n) is 11.5. The monoisotopic (exact) mass is 467 g/mol. The second-order valence-electron chi connectivity index (χ2n) is 8.31. The third-order valence-corrected chi connectivity index (χ3v) is 5.93. The number of benzene rings is 2. The third-order valence-electron chi connectivity index (χ3n) is 5.93. The van der Waals surface area contributed by atoms with E-state index in [0.717, 1.165) is 34.9 Å². The molecule has 34 heavy (non-hydrogen) atoms. The molecule has 0 aliphatic heterocycles. The SMILES string of the molecule is CCCCn1c(N)c(N(CC)CC(=O)N(C)Cc2ccc3cc(OC)ccc3c2)c(=O)[nH]c1=O. The predicted octanol–water partition coefficient (Wildman–Crippen LogP) is 2.57. The predicted molar refractivity (Wildman–Crippen MR) is 136 cm³/mol. The Morgan fingerprint density at radius 3 is 2.50 bits per heavy atom. The molecule has 0 aliphatic carbocycles. The molecular formula is C25H33N5O4. The third kappa shape index (κ3) is 5.41. The summed E-state index contributed by atoms with van der Waals surface area (Å²) in [5.74, 6) is 0.716. The van der Waals surface area contributed by atoms with E-state index in [4.69, 9.17) is 10.5 Å². The van der Waals surface area contributed by atoms with Gasteiger partial charge in [-0.15, -0.1) is 0 Å². The molecule has 0 atom stereocenters. The maximum atomic E-state index is 13.0. The van der Waals surface area contributed by atoms with Gasteiger partial charge in [-0.1, -0.05) is 31.5 Å². The number of nitrogens with zero attached hydrogens (tertiary/aromatic N) is 3. The number of nitrogens with two attached hydrogens (primary N) is 1. The molecule has 9 nitrogen and oxygen atoms in total. The summed E-state index contributed by atoms with van der Waals surface area (Å²) in [6, 6.07) is 11.9. The van der Waals surface area contributed by atoms with Crippen molar-refractivity contribution in [1.29, 1.82) is 0 Å². The lowest BCUT2D eigenvalue weighted by Crippen LogP contribution is -2.43. The van der Waals surface area contributed by atoms with Crippen molar-refractivity contribution in [2.24, 2.45) is 0 Å². The Labute approximate surface area is 198 Å². The number of anilines is 2. The van der Waals surface area contributed by atoms with Gasteiger partial charge >= 0.3 is 5.69 Å². The molecule has 1 heterocycles. The lowest BCUT2D eigenvalue weighted by Gasteiger charge is -2.27. The van der Waals surface area contributed by atoms with E-state index in [0.29, 0.717) is 19.6 Å². The highest BCUT2D eigenvalue weighted by Gasteiger charge is 2.21. The van der Waals surface area contributed by atoms with Crippen LogP contribution in [0.3, 0.4) is 0 Å². The summed E-state index contributed by atoms with van der Waals surface area (Å²) >= 11 is 0. The summed E-state index contributed by atoms with van der Waals surface area (Å²) in [6.45, 7) is 5.02. The van der Waals surface area contributed by atoms with E-state index < -0.39 is 11.2 Å². The maximum absolute atomic E-state index is 13.0. The molecule has 1 aromatic heterocycles. The second-order valence-corrected chi connectivity index (χ2v) is 8.31. The molecule has 0 unspecified atom stereocenters. The topological polar surface area (TPSA) is 114 Å². The van der Waals surface area contributed by atoms with Crippen molar-refractivity contribution in [3.8, 4) is 5.75 Å². The summed E-state index contributed by atoms with van der Waals surface area (Å²) in [5, 5.41) is 2.12. The molecule has 3 N–H and O–H groups in total. The number of carbonyl (C=O) groups excluding carboxylic acids is 1. The smallest absolute Gasteiger partial charge is 0.330 e. The normalized spacial score (nSPS) is 10.9. The zero-order valence-electron chi connectivity index (χ0n) is 20.3. The number of ether oxygens (including phenoxy) is 1. The van der Waals surface area contributed by atoms with Crippen LogP contribution >= 0.6 is 0 Å². The van der Waals surface area contributed by atoms with Crippen LogP contribution in [-0.2, 0) is 17.9 Å². The number of unbranched alkanes of at least 4 members (excludes halogenated alkanes) is 1. The van der Waals surface area contributed by atoms with Gasteiger partial charge in [0, 0.05) is 26.7 Å². The van der Waals surface area contributed by atoms with E-state index >= 15 is 0 Å². The van der Waals surface area contributed by atoms with E-state index in [-0.39, 0.29) is 24.0 Å². The molecule has 1 amide bonds. The fourth-order valence-electron chi connectivity index (χ4n) is 3.91. The average Bonchev–Trinajstić information content (AvgIpc) is 2.82. The van der Waals surface area contributed by atoms with E-state index in [2.05, 4.69) is 4.98 Å². The summed E-state index contributed by atoms with van der Waals surface area (Å²) in [4.78, 5) is 43.4. The molecule has 2 aromatic carbocycles. The number of nitrogen functional groups attached to an aromatic ring is 1. The number of rotatable bonds is 10. The van der Waals surface area contributed by atoms with Crippen LogP contribution in [-0.4, -0.2) is 47.6 Å². The average molecular weight is 468 g/mol. The minimum absolute atomic E-state index is 0.0307. The molecule has 0 radical (unpaired) electrons. The number of methoxy groups -OCH3 is 1. The van der Waals surface area contributed by atoms with Crippen LogP contribution in [0, 0.1) is 0 Å². The number of nitrogens with one attached hydrogen (secondary N) is 1. The van der Waals surface area contributed by atoms with Crippen molar-refractivity contribution < 1.29 is 9.53 Å². The van der Waals surface area contributed by atoms with Gasteiger partial charge in [-0.05, 0) is 47.9 Å². The highest BCUT2D eigenvalue weighted by atomic mass is 16.5. The second kappa shape index (κ2) is 10.9. The van der Waals surface area contributed by atoms with Gasteiger partial charge in [-0.25, -0.2) is 4.79 Å². The van der Waals surface area contributed by atoms with Gasteiger partial charge in [0.25, 0.3) is 5.56 Å². The van der Waals surface area contributed by atoms with Gasteiger partial charge in [0.2, 0.25) is 5.91 Å². The lowest BCUT2D eigenvalue weighted by atomic mass is 10.1. The largest absolute Gasteiger partial charge is 0.497 e. The van der Waals surface area contributed by atoms with E-state index in [1.165, 1.54) is 4.57 Å². The molecule has 3 aromatic rings. The first-order valence-corrected chi connectivity index (χ1v) is 11.5. The number of amides is 1. The van der Waals surface area contributed by atoms with Crippen LogP contribution in [0.4, 0.5) is 11.5 Å². The zero-order chi connectivity index (χ0) is 24.8. The fraction of sp³-hybridized carbons (Fsp3) is 0.400. The molecule has 3 rings (SSSR count). The maximum Gasteiger partial charge on any atom is 0.330 e. The van der Waals surface area contributed by atoms with Crippen molar-refractivity contribution in [2.75, 3.05) is 37.9 Å². The fourth-order valence-corrected chi connectivity index (χ4v) is 3.91. The number of aromatic amines is 1. The Kier molecular flexibility index (Phi) is 7.99. The van der Waals surface area contributed by atoms with Crippen LogP contribution in [0.1, 0.15) is 32.3 Å². The Hall–Kier alpha value is -3.75. The lowest BCUT2D eigenvalue weighted by molar-refractivity contribution is -0.128. The van der Waals surface area contributed by atoms with Crippen LogP contribution < -0.4 is 26.6 Å². The van der Waals surface area contributed by atoms with Crippen LogP contribution in [0.25, 0.3) is 10.8 Å². The van der Waals surface area contributed by atoms with Crippen molar-refractivity contribution in [1.82, 2.24) is 14.5 Å². The van der Waals surface area contributed by atoms with Gasteiger partial charge in [0.1, 0.15) is 17.3 Å². The summed E-state index contributed by atoms with van der Waals surface area (Å²) < 4.78 is 6.63. The highest BCUT2D eigenvalue weighted by Crippen LogP contribution is 2.22. The number of fused-ring (bicyclic) bond motifs is 1. The first kappa shape index (κ1) is 24.9.